The van der Waals surface area contributed by atoms with Gasteiger partial charge in [0.25, 0.3) is 0 Å². The van der Waals surface area contributed by atoms with Crippen LogP contribution in [0.5, 0.6) is 0 Å². The van der Waals surface area contributed by atoms with Gasteiger partial charge in [-0.25, -0.2) is 0 Å². The molecular formula is C17H35ClN2O2. The van der Waals surface area contributed by atoms with Gasteiger partial charge in [-0.2, -0.15) is 0 Å². The maximum absolute atomic E-state index is 13.0. The van der Waals surface area contributed by atoms with Crippen molar-refractivity contribution in [3.05, 3.63) is 0 Å². The predicted molar refractivity (Wildman–Crippen MR) is 94.3 cm³/mol. The first kappa shape index (κ1) is 21.7. The Morgan fingerprint density at radius 1 is 1.27 bits per heavy atom. The van der Waals surface area contributed by atoms with Crippen molar-refractivity contribution >= 4 is 18.3 Å². The van der Waals surface area contributed by atoms with E-state index in [0.717, 1.165) is 25.9 Å². The van der Waals surface area contributed by atoms with Crippen molar-refractivity contribution in [3.8, 4) is 0 Å². The van der Waals surface area contributed by atoms with Crippen molar-refractivity contribution in [2.45, 2.75) is 72.4 Å². The number of nitrogens with zero attached hydrogens (tertiary/aromatic N) is 1. The van der Waals surface area contributed by atoms with Crippen LogP contribution < -0.4 is 5.73 Å². The zero-order valence-electron chi connectivity index (χ0n) is 15.1. The molecule has 0 saturated heterocycles. The van der Waals surface area contributed by atoms with E-state index < -0.39 is 5.54 Å². The molecule has 0 aromatic rings. The van der Waals surface area contributed by atoms with E-state index in [1.807, 2.05) is 18.7 Å². The smallest absolute Gasteiger partial charge is 0.243 e. The third-order valence-corrected chi connectivity index (χ3v) is 5.51. The molecule has 1 fully saturated rings. The highest BCUT2D eigenvalue weighted by molar-refractivity contribution is 5.89. The maximum atomic E-state index is 13.0. The maximum Gasteiger partial charge on any atom is 0.243 e. The van der Waals surface area contributed by atoms with E-state index >= 15 is 0 Å². The van der Waals surface area contributed by atoms with E-state index in [-0.39, 0.29) is 29.8 Å². The largest absolute Gasteiger partial charge is 0.378 e. The van der Waals surface area contributed by atoms with E-state index in [4.69, 9.17) is 10.5 Å². The Morgan fingerprint density at radius 2 is 1.82 bits per heavy atom. The van der Waals surface area contributed by atoms with Gasteiger partial charge in [0.2, 0.25) is 5.91 Å². The Balaban J connectivity index is 0.00000441. The second-order valence-corrected chi connectivity index (χ2v) is 6.87. The Bertz CT molecular complexity index is 359. The molecule has 0 aromatic carbocycles. The van der Waals surface area contributed by atoms with Crippen molar-refractivity contribution in [2.24, 2.45) is 17.1 Å². The Labute approximate surface area is 142 Å². The fourth-order valence-electron chi connectivity index (χ4n) is 3.29. The molecular weight excluding hydrogens is 300 g/mol. The van der Waals surface area contributed by atoms with E-state index in [1.165, 1.54) is 0 Å². The second-order valence-electron chi connectivity index (χ2n) is 6.87. The number of ether oxygens (including phenoxy) is 1. The first-order chi connectivity index (χ1) is 9.78. The van der Waals surface area contributed by atoms with Crippen molar-refractivity contribution in [1.29, 1.82) is 0 Å². The number of halogens is 1. The van der Waals surface area contributed by atoms with Gasteiger partial charge in [-0.3, -0.25) is 4.79 Å². The van der Waals surface area contributed by atoms with E-state index in [0.29, 0.717) is 18.9 Å². The van der Waals surface area contributed by atoms with E-state index in [1.54, 1.807) is 0 Å². The van der Waals surface area contributed by atoms with Gasteiger partial charge in [-0.05, 0) is 19.8 Å². The molecule has 2 N–H and O–H groups in total. The van der Waals surface area contributed by atoms with Crippen LogP contribution in [0.2, 0.25) is 0 Å². The molecule has 0 radical (unpaired) electrons. The summed E-state index contributed by atoms with van der Waals surface area (Å²) in [4.78, 5) is 14.9. The lowest BCUT2D eigenvalue weighted by Crippen LogP contribution is -2.76. The Morgan fingerprint density at radius 3 is 2.18 bits per heavy atom. The van der Waals surface area contributed by atoms with Crippen molar-refractivity contribution in [3.63, 3.8) is 0 Å². The number of carbonyl (C=O) groups excluding carboxylic acids is 1. The van der Waals surface area contributed by atoms with Crippen LogP contribution in [-0.2, 0) is 9.53 Å². The summed E-state index contributed by atoms with van der Waals surface area (Å²) in [6, 6.07) is 0. The summed E-state index contributed by atoms with van der Waals surface area (Å²) in [5, 5.41) is 0. The van der Waals surface area contributed by atoms with Gasteiger partial charge in [0, 0.05) is 31.5 Å². The van der Waals surface area contributed by atoms with Gasteiger partial charge in [0.05, 0.1) is 6.10 Å². The van der Waals surface area contributed by atoms with Gasteiger partial charge in [0.15, 0.2) is 0 Å². The number of likely N-dealkylation sites (N-methyl/N-ethyl adjacent to an activating group) is 1. The average Bonchev–Trinajstić information content (AvgIpc) is 2.47. The molecule has 0 aromatic heterocycles. The molecule has 132 valence electrons. The molecule has 2 atom stereocenters. The summed E-state index contributed by atoms with van der Waals surface area (Å²) < 4.78 is 5.72. The molecule has 1 aliphatic carbocycles. The molecule has 22 heavy (non-hydrogen) atoms. The zero-order valence-corrected chi connectivity index (χ0v) is 16.0. The minimum Gasteiger partial charge on any atom is -0.378 e. The number of rotatable bonds is 8. The van der Waals surface area contributed by atoms with Crippen LogP contribution in [0.25, 0.3) is 0 Å². The van der Waals surface area contributed by atoms with Gasteiger partial charge < -0.3 is 15.4 Å². The quantitative estimate of drug-likeness (QED) is 0.741. The molecule has 0 heterocycles. The number of hydrogen-bond acceptors (Lipinski definition) is 3. The van der Waals surface area contributed by atoms with Crippen LogP contribution in [0.3, 0.4) is 0 Å². The van der Waals surface area contributed by atoms with Gasteiger partial charge >= 0.3 is 0 Å². The van der Waals surface area contributed by atoms with Gasteiger partial charge in [-0.1, -0.05) is 40.5 Å². The topological polar surface area (TPSA) is 55.6 Å². The Kier molecular flexibility index (Phi) is 8.39. The molecule has 1 aliphatic rings. The summed E-state index contributed by atoms with van der Waals surface area (Å²) in [6.07, 6.45) is 2.92. The monoisotopic (exact) mass is 334 g/mol. The highest BCUT2D eigenvalue weighted by Crippen LogP contribution is 2.50. The van der Waals surface area contributed by atoms with Crippen molar-refractivity contribution < 1.29 is 9.53 Å². The highest BCUT2D eigenvalue weighted by Gasteiger charge is 2.63. The van der Waals surface area contributed by atoms with Crippen molar-refractivity contribution in [1.82, 2.24) is 4.90 Å². The first-order valence-corrected chi connectivity index (χ1v) is 8.48. The molecule has 0 spiro atoms. The molecule has 5 heteroatoms. The van der Waals surface area contributed by atoms with Crippen LogP contribution in [0.1, 0.15) is 60.8 Å². The minimum absolute atomic E-state index is 0. The lowest BCUT2D eigenvalue weighted by molar-refractivity contribution is -0.179. The summed E-state index contributed by atoms with van der Waals surface area (Å²) in [5.41, 5.74) is 5.42. The molecule has 2 unspecified atom stereocenters. The van der Waals surface area contributed by atoms with Crippen LogP contribution in [0.4, 0.5) is 0 Å². The molecule has 1 amide bonds. The Hall–Kier alpha value is -0.320. The van der Waals surface area contributed by atoms with Gasteiger partial charge in [0.1, 0.15) is 5.54 Å². The van der Waals surface area contributed by atoms with E-state index in [9.17, 15) is 4.79 Å². The number of hydrogen-bond donors (Lipinski definition) is 1. The lowest BCUT2D eigenvalue weighted by Gasteiger charge is -2.58. The normalized spacial score (nSPS) is 26.3. The fourth-order valence-corrected chi connectivity index (χ4v) is 3.29. The number of amides is 1. The molecule has 1 rings (SSSR count). The van der Waals surface area contributed by atoms with Crippen LogP contribution >= 0.6 is 12.4 Å². The SMILES string of the molecule is CCOC1CC(N)(C(=O)N(CC)CC(CC)CC)C1(C)C.Cl. The zero-order chi connectivity index (χ0) is 16.3. The average molecular weight is 335 g/mol. The summed E-state index contributed by atoms with van der Waals surface area (Å²) in [7, 11) is 0. The molecule has 4 nitrogen and oxygen atoms in total. The summed E-state index contributed by atoms with van der Waals surface area (Å²) in [5.74, 6) is 0.654. The highest BCUT2D eigenvalue weighted by atomic mass is 35.5. The summed E-state index contributed by atoms with van der Waals surface area (Å²) in [6.45, 7) is 14.7. The summed E-state index contributed by atoms with van der Waals surface area (Å²) >= 11 is 0. The lowest BCUT2D eigenvalue weighted by atomic mass is 9.54. The van der Waals surface area contributed by atoms with Gasteiger partial charge in [-0.15, -0.1) is 12.4 Å². The second kappa shape index (κ2) is 8.51. The third kappa shape index (κ3) is 3.77. The predicted octanol–water partition coefficient (Wildman–Crippen LogP) is 3.23. The molecule has 1 saturated carbocycles. The van der Waals surface area contributed by atoms with Crippen LogP contribution in [-0.4, -0.2) is 42.1 Å². The standard InChI is InChI=1S/C17H34N2O2.ClH/c1-7-13(8-2)12-19(9-3)15(20)17(18)11-14(21-10-4)16(17,5)6;/h13-14H,7-12,18H2,1-6H3;1H. The fraction of sp³-hybridized carbons (Fsp3) is 0.941. The van der Waals surface area contributed by atoms with Crippen LogP contribution in [0.15, 0.2) is 0 Å². The molecule has 0 bridgehead atoms. The molecule has 0 aliphatic heterocycles. The third-order valence-electron chi connectivity index (χ3n) is 5.51. The van der Waals surface area contributed by atoms with E-state index in [2.05, 4.69) is 27.7 Å². The number of nitrogens with two attached hydrogens (primary N) is 1. The van der Waals surface area contributed by atoms with Crippen molar-refractivity contribution in [2.75, 3.05) is 19.7 Å². The number of carbonyl (C=O) groups is 1. The van der Waals surface area contributed by atoms with Crippen LogP contribution in [0, 0.1) is 11.3 Å². The minimum atomic E-state index is -0.783. The first-order valence-electron chi connectivity index (χ1n) is 8.48.